The lowest BCUT2D eigenvalue weighted by molar-refractivity contribution is 0.0938. The van der Waals surface area contributed by atoms with E-state index >= 15 is 0 Å². The first kappa shape index (κ1) is 20.3. The van der Waals surface area contributed by atoms with Crippen LogP contribution in [0.4, 0.5) is 20.7 Å². The molecule has 2 aromatic heterocycles. The number of nitrogens with one attached hydrogen (secondary N) is 2. The number of aryl methyl sites for hydroxylation is 1. The maximum atomic E-state index is 13.3. The Morgan fingerprint density at radius 2 is 2.06 bits per heavy atom. The first-order valence-electron chi connectivity index (χ1n) is 9.76. The number of hydrogen-bond acceptors (Lipinski definition) is 5. The fourth-order valence-corrected chi connectivity index (χ4v) is 3.48. The topological polar surface area (TPSA) is 118 Å². The van der Waals surface area contributed by atoms with Crippen LogP contribution < -0.4 is 16.4 Å². The molecule has 1 aromatic carbocycles. The van der Waals surface area contributed by atoms with Gasteiger partial charge in [-0.2, -0.15) is 5.10 Å². The zero-order valence-corrected chi connectivity index (χ0v) is 16.9. The van der Waals surface area contributed by atoms with Crippen molar-refractivity contribution in [3.8, 4) is 11.1 Å². The second kappa shape index (κ2) is 8.42. The molecule has 1 fully saturated rings. The molecule has 1 saturated heterocycles. The lowest BCUT2D eigenvalue weighted by atomic mass is 10.1. The molecule has 10 heteroatoms. The summed E-state index contributed by atoms with van der Waals surface area (Å²) in [5.74, 6) is -0.652. The number of rotatable bonds is 4. The summed E-state index contributed by atoms with van der Waals surface area (Å²) in [6.07, 6.45) is 5.69. The zero-order chi connectivity index (χ0) is 22.0. The maximum Gasteiger partial charge on any atom is 0.321 e. The zero-order valence-electron chi connectivity index (χ0n) is 16.9. The van der Waals surface area contributed by atoms with Gasteiger partial charge in [-0.25, -0.2) is 14.2 Å². The molecule has 0 saturated carbocycles. The van der Waals surface area contributed by atoms with Crippen LogP contribution in [0.15, 0.2) is 48.9 Å². The molecule has 4 N–H and O–H groups in total. The van der Waals surface area contributed by atoms with Gasteiger partial charge in [-0.3, -0.25) is 9.48 Å². The first-order chi connectivity index (χ1) is 14.9. The van der Waals surface area contributed by atoms with Crippen LogP contribution in [0.1, 0.15) is 16.8 Å². The highest BCUT2D eigenvalue weighted by Gasteiger charge is 2.28. The van der Waals surface area contributed by atoms with Crippen LogP contribution in [0.2, 0.25) is 0 Å². The van der Waals surface area contributed by atoms with Gasteiger partial charge in [0.2, 0.25) is 0 Å². The Morgan fingerprint density at radius 1 is 1.23 bits per heavy atom. The minimum Gasteiger partial charge on any atom is -0.383 e. The van der Waals surface area contributed by atoms with Crippen molar-refractivity contribution in [3.63, 3.8) is 0 Å². The quantitative estimate of drug-likeness (QED) is 0.595. The van der Waals surface area contributed by atoms with Gasteiger partial charge < -0.3 is 21.3 Å². The van der Waals surface area contributed by atoms with Crippen LogP contribution in [-0.4, -0.2) is 50.7 Å². The Balaban J connectivity index is 1.39. The van der Waals surface area contributed by atoms with Crippen LogP contribution in [-0.2, 0) is 7.05 Å². The van der Waals surface area contributed by atoms with Crippen molar-refractivity contribution in [1.29, 1.82) is 0 Å². The van der Waals surface area contributed by atoms with Crippen LogP contribution in [0.25, 0.3) is 11.1 Å². The molecule has 1 aliphatic heterocycles. The van der Waals surface area contributed by atoms with Crippen LogP contribution in [0.5, 0.6) is 0 Å². The van der Waals surface area contributed by atoms with E-state index in [1.54, 1.807) is 41.2 Å². The minimum absolute atomic E-state index is 0.129. The molecule has 0 radical (unpaired) electrons. The number of aromatic nitrogens is 3. The van der Waals surface area contributed by atoms with Crippen molar-refractivity contribution >= 4 is 23.4 Å². The van der Waals surface area contributed by atoms with E-state index in [0.29, 0.717) is 25.2 Å². The number of hydrogen-bond donors (Lipinski definition) is 3. The van der Waals surface area contributed by atoms with Crippen molar-refractivity contribution in [1.82, 2.24) is 25.0 Å². The smallest absolute Gasteiger partial charge is 0.321 e. The van der Waals surface area contributed by atoms with E-state index in [9.17, 15) is 14.0 Å². The summed E-state index contributed by atoms with van der Waals surface area (Å²) in [6.45, 7) is 0.804. The van der Waals surface area contributed by atoms with Gasteiger partial charge in [0.05, 0.1) is 11.8 Å². The molecule has 0 bridgehead atoms. The second-order valence-corrected chi connectivity index (χ2v) is 7.41. The third kappa shape index (κ3) is 4.63. The molecular formula is C21H22FN7O2. The van der Waals surface area contributed by atoms with Crippen LogP contribution in [0, 0.1) is 5.82 Å². The van der Waals surface area contributed by atoms with Gasteiger partial charge in [-0.1, -0.05) is 6.07 Å². The number of nitrogens with two attached hydrogens (primary N) is 1. The molecule has 0 aliphatic carbocycles. The van der Waals surface area contributed by atoms with E-state index in [0.717, 1.165) is 11.1 Å². The summed E-state index contributed by atoms with van der Waals surface area (Å²) in [5, 5.41) is 9.71. The molecule has 160 valence electrons. The number of anilines is 2. The van der Waals surface area contributed by atoms with Gasteiger partial charge in [0.15, 0.2) is 0 Å². The predicted octanol–water partition coefficient (Wildman–Crippen LogP) is 2.24. The third-order valence-electron chi connectivity index (χ3n) is 5.09. The second-order valence-electron chi connectivity index (χ2n) is 7.41. The van der Waals surface area contributed by atoms with E-state index in [1.165, 1.54) is 18.2 Å². The molecule has 4 rings (SSSR count). The number of carbonyl (C=O) groups excluding carboxylic acids is 2. The molecule has 3 amide bonds. The number of nitrogens with zero attached hydrogens (tertiary/aromatic N) is 4. The number of amides is 3. The predicted molar refractivity (Wildman–Crippen MR) is 114 cm³/mol. The van der Waals surface area contributed by atoms with Crippen molar-refractivity contribution < 1.29 is 14.0 Å². The number of benzene rings is 1. The maximum absolute atomic E-state index is 13.3. The lowest BCUT2D eigenvalue weighted by Crippen LogP contribution is -2.40. The molecule has 31 heavy (non-hydrogen) atoms. The Bertz CT molecular complexity index is 1130. The highest BCUT2D eigenvalue weighted by molar-refractivity contribution is 5.99. The minimum atomic E-state index is -0.427. The Morgan fingerprint density at radius 3 is 2.81 bits per heavy atom. The molecule has 3 aromatic rings. The number of urea groups is 1. The standard InChI is InChI=1S/C21H22FN7O2/c1-28-11-14(10-25-28)13-7-18(19(23)24-9-13)20(30)26-17-5-6-29(12-17)21(31)27-16-4-2-3-15(22)8-16/h2-4,7-11,17H,5-6,12H2,1H3,(H2,23,24)(H,26,30)(H,27,31)/t17-/m1/s1. The Labute approximate surface area is 178 Å². The number of pyridine rings is 1. The Kier molecular flexibility index (Phi) is 5.52. The number of carbonyl (C=O) groups is 2. The summed E-state index contributed by atoms with van der Waals surface area (Å²) < 4.78 is 15.0. The molecule has 1 atom stereocenters. The van der Waals surface area contributed by atoms with Gasteiger partial charge in [0.25, 0.3) is 5.91 Å². The Hall–Kier alpha value is -3.95. The van der Waals surface area contributed by atoms with Gasteiger partial charge in [0.1, 0.15) is 11.6 Å². The number of nitrogen functional groups attached to an aromatic ring is 1. The van der Waals surface area contributed by atoms with Crippen molar-refractivity contribution in [2.45, 2.75) is 12.5 Å². The molecule has 1 aliphatic rings. The van der Waals surface area contributed by atoms with Gasteiger partial charge in [0, 0.05) is 55.4 Å². The number of halogens is 1. The number of likely N-dealkylation sites (tertiary alicyclic amines) is 1. The normalized spacial score (nSPS) is 15.7. The molecule has 0 unspecified atom stereocenters. The third-order valence-corrected chi connectivity index (χ3v) is 5.09. The fourth-order valence-electron chi connectivity index (χ4n) is 3.48. The highest BCUT2D eigenvalue weighted by Crippen LogP contribution is 2.22. The average Bonchev–Trinajstić information content (AvgIpc) is 3.37. The summed E-state index contributed by atoms with van der Waals surface area (Å²) in [4.78, 5) is 30.9. The van der Waals surface area contributed by atoms with E-state index in [-0.39, 0.29) is 29.4 Å². The molecular weight excluding hydrogens is 401 g/mol. The SMILES string of the molecule is Cn1cc(-c2cnc(N)c(C(=O)N[C@@H]3CCN(C(=O)Nc4cccc(F)c4)C3)c2)cn1. The van der Waals surface area contributed by atoms with Crippen LogP contribution >= 0.6 is 0 Å². The lowest BCUT2D eigenvalue weighted by Gasteiger charge is -2.18. The summed E-state index contributed by atoms with van der Waals surface area (Å²) in [7, 11) is 1.80. The summed E-state index contributed by atoms with van der Waals surface area (Å²) >= 11 is 0. The van der Waals surface area contributed by atoms with E-state index < -0.39 is 5.82 Å². The summed E-state index contributed by atoms with van der Waals surface area (Å²) in [5.41, 5.74) is 8.13. The molecule has 0 spiro atoms. The van der Waals surface area contributed by atoms with E-state index in [4.69, 9.17) is 5.73 Å². The van der Waals surface area contributed by atoms with Gasteiger partial charge >= 0.3 is 6.03 Å². The monoisotopic (exact) mass is 423 g/mol. The first-order valence-corrected chi connectivity index (χ1v) is 9.76. The van der Waals surface area contributed by atoms with Gasteiger partial charge in [-0.15, -0.1) is 0 Å². The van der Waals surface area contributed by atoms with E-state index in [2.05, 4.69) is 20.7 Å². The van der Waals surface area contributed by atoms with Crippen molar-refractivity contribution in [2.24, 2.45) is 7.05 Å². The average molecular weight is 423 g/mol. The van der Waals surface area contributed by atoms with Gasteiger partial charge in [-0.05, 0) is 30.7 Å². The van der Waals surface area contributed by atoms with Crippen molar-refractivity contribution in [3.05, 3.63) is 60.3 Å². The van der Waals surface area contributed by atoms with E-state index in [1.807, 2.05) is 6.20 Å². The highest BCUT2D eigenvalue weighted by atomic mass is 19.1. The van der Waals surface area contributed by atoms with Crippen molar-refractivity contribution in [2.75, 3.05) is 24.1 Å². The molecule has 3 heterocycles. The molecule has 9 nitrogen and oxygen atoms in total. The largest absolute Gasteiger partial charge is 0.383 e. The fraction of sp³-hybridized carbons (Fsp3) is 0.238. The van der Waals surface area contributed by atoms with Crippen LogP contribution in [0.3, 0.4) is 0 Å². The summed E-state index contributed by atoms with van der Waals surface area (Å²) in [6, 6.07) is 6.79.